The Morgan fingerprint density at radius 1 is 1.29 bits per heavy atom. The van der Waals surface area contributed by atoms with Crippen LogP contribution in [0.15, 0.2) is 47.8 Å². The van der Waals surface area contributed by atoms with Gasteiger partial charge in [-0.1, -0.05) is 0 Å². The van der Waals surface area contributed by atoms with Gasteiger partial charge in [0.1, 0.15) is 5.69 Å². The summed E-state index contributed by atoms with van der Waals surface area (Å²) < 4.78 is 1.94. The predicted molar refractivity (Wildman–Crippen MR) is 79.9 cm³/mol. The van der Waals surface area contributed by atoms with Crippen molar-refractivity contribution >= 4 is 17.2 Å². The molecule has 0 aliphatic carbocycles. The summed E-state index contributed by atoms with van der Waals surface area (Å²) in [6.07, 6.45) is 8.50. The van der Waals surface area contributed by atoms with E-state index in [-0.39, 0.29) is 5.91 Å². The quantitative estimate of drug-likeness (QED) is 0.780. The van der Waals surface area contributed by atoms with Gasteiger partial charge in [0.15, 0.2) is 5.82 Å². The Hall–Kier alpha value is -2.54. The number of amides is 1. The lowest BCUT2D eigenvalue weighted by Gasteiger charge is -2.08. The average Bonchev–Trinajstić information content (AvgIpc) is 3.20. The van der Waals surface area contributed by atoms with Crippen molar-refractivity contribution in [2.75, 3.05) is 6.54 Å². The van der Waals surface area contributed by atoms with Crippen molar-refractivity contribution in [1.29, 1.82) is 0 Å². The van der Waals surface area contributed by atoms with Gasteiger partial charge in [-0.25, -0.2) is 9.97 Å². The Morgan fingerprint density at radius 2 is 2.24 bits per heavy atom. The number of hydrogen-bond donors (Lipinski definition) is 1. The second kappa shape index (κ2) is 6.27. The topological polar surface area (TPSA) is 72.7 Å². The van der Waals surface area contributed by atoms with Crippen LogP contribution in [0.2, 0.25) is 0 Å². The number of aromatic nitrogens is 4. The van der Waals surface area contributed by atoms with Gasteiger partial charge in [-0.05, 0) is 11.4 Å². The van der Waals surface area contributed by atoms with Crippen molar-refractivity contribution in [1.82, 2.24) is 24.8 Å². The molecule has 0 fully saturated rings. The summed E-state index contributed by atoms with van der Waals surface area (Å²) in [6.45, 7) is 1.15. The van der Waals surface area contributed by atoms with Crippen molar-refractivity contribution in [3.05, 3.63) is 53.4 Å². The number of thiophene rings is 1. The molecule has 6 nitrogen and oxygen atoms in total. The third-order valence-corrected chi connectivity index (χ3v) is 3.61. The zero-order chi connectivity index (χ0) is 14.5. The van der Waals surface area contributed by atoms with Crippen LogP contribution in [0.5, 0.6) is 0 Å². The first-order chi connectivity index (χ1) is 10.3. The highest BCUT2D eigenvalue weighted by Crippen LogP contribution is 2.12. The number of nitrogens with zero attached hydrogens (tertiary/aromatic N) is 4. The number of carbonyl (C=O) groups is 1. The summed E-state index contributed by atoms with van der Waals surface area (Å²) in [4.78, 5) is 24.4. The van der Waals surface area contributed by atoms with Crippen molar-refractivity contribution < 1.29 is 4.79 Å². The van der Waals surface area contributed by atoms with Gasteiger partial charge in [-0.3, -0.25) is 9.78 Å². The van der Waals surface area contributed by atoms with Crippen molar-refractivity contribution in [2.45, 2.75) is 6.54 Å². The molecule has 3 heterocycles. The third-order valence-electron chi connectivity index (χ3n) is 2.93. The standard InChI is InChI=1S/C14H13N5OS/c20-14(11-1-8-21-10-11)18-5-7-19-6-4-17-13(19)12-9-15-2-3-16-12/h1-4,6,8-10H,5,7H2,(H,18,20). The maximum atomic E-state index is 11.8. The molecule has 0 unspecified atom stereocenters. The summed E-state index contributed by atoms with van der Waals surface area (Å²) in [5.74, 6) is 0.685. The Kier molecular flexibility index (Phi) is 4.02. The van der Waals surface area contributed by atoms with E-state index in [4.69, 9.17) is 0 Å². The highest BCUT2D eigenvalue weighted by molar-refractivity contribution is 7.08. The molecule has 0 atom stereocenters. The molecule has 1 amide bonds. The molecular formula is C14H13N5OS. The molecule has 0 saturated carbocycles. The first-order valence-corrected chi connectivity index (χ1v) is 7.37. The summed E-state index contributed by atoms with van der Waals surface area (Å²) in [6, 6.07) is 1.81. The number of carbonyl (C=O) groups excluding carboxylic acids is 1. The van der Waals surface area contributed by atoms with Gasteiger partial charge in [-0.15, -0.1) is 0 Å². The highest BCUT2D eigenvalue weighted by Gasteiger charge is 2.08. The van der Waals surface area contributed by atoms with Crippen LogP contribution in [0.4, 0.5) is 0 Å². The highest BCUT2D eigenvalue weighted by atomic mass is 32.1. The lowest BCUT2D eigenvalue weighted by Crippen LogP contribution is -2.26. The maximum absolute atomic E-state index is 11.8. The lowest BCUT2D eigenvalue weighted by molar-refractivity contribution is 0.0953. The van der Waals surface area contributed by atoms with E-state index in [0.717, 1.165) is 5.82 Å². The second-order valence-electron chi connectivity index (χ2n) is 4.30. The SMILES string of the molecule is O=C(NCCn1ccnc1-c1cnccn1)c1ccsc1. The molecule has 0 aliphatic heterocycles. The number of hydrogen-bond acceptors (Lipinski definition) is 5. The van der Waals surface area contributed by atoms with E-state index in [1.807, 2.05) is 27.6 Å². The number of nitrogens with one attached hydrogen (secondary N) is 1. The maximum Gasteiger partial charge on any atom is 0.252 e. The molecule has 7 heteroatoms. The van der Waals surface area contributed by atoms with E-state index >= 15 is 0 Å². The fraction of sp³-hybridized carbons (Fsp3) is 0.143. The molecule has 0 bridgehead atoms. The van der Waals surface area contributed by atoms with Crippen molar-refractivity contribution in [3.8, 4) is 11.5 Å². The van der Waals surface area contributed by atoms with Crippen LogP contribution < -0.4 is 5.32 Å². The number of imidazole rings is 1. The molecule has 1 N–H and O–H groups in total. The van der Waals surface area contributed by atoms with Crippen LogP contribution in [-0.2, 0) is 6.54 Å². The minimum absolute atomic E-state index is 0.0579. The molecule has 3 aromatic rings. The third kappa shape index (κ3) is 3.14. The predicted octanol–water partition coefficient (Wildman–Crippen LogP) is 1.83. The van der Waals surface area contributed by atoms with E-state index in [1.165, 1.54) is 11.3 Å². The Labute approximate surface area is 125 Å². The molecule has 0 aliphatic rings. The average molecular weight is 299 g/mol. The van der Waals surface area contributed by atoms with E-state index in [1.54, 1.807) is 24.8 Å². The Balaban J connectivity index is 1.62. The second-order valence-corrected chi connectivity index (χ2v) is 5.08. The van der Waals surface area contributed by atoms with Crippen molar-refractivity contribution in [3.63, 3.8) is 0 Å². The minimum Gasteiger partial charge on any atom is -0.350 e. The molecule has 0 spiro atoms. The van der Waals surface area contributed by atoms with E-state index < -0.39 is 0 Å². The Morgan fingerprint density at radius 3 is 3.00 bits per heavy atom. The fourth-order valence-corrected chi connectivity index (χ4v) is 2.56. The first kappa shape index (κ1) is 13.4. The van der Waals surface area contributed by atoms with E-state index in [2.05, 4.69) is 20.3 Å². The zero-order valence-corrected chi connectivity index (χ0v) is 12.0. The Bertz CT molecular complexity index is 708. The van der Waals surface area contributed by atoms with Gasteiger partial charge in [0, 0.05) is 48.8 Å². The van der Waals surface area contributed by atoms with Gasteiger partial charge >= 0.3 is 0 Å². The van der Waals surface area contributed by atoms with Gasteiger partial charge < -0.3 is 9.88 Å². The summed E-state index contributed by atoms with van der Waals surface area (Å²) >= 11 is 1.51. The van der Waals surface area contributed by atoms with Crippen LogP contribution in [0.1, 0.15) is 10.4 Å². The normalized spacial score (nSPS) is 10.5. The van der Waals surface area contributed by atoms with Crippen LogP contribution in [0, 0.1) is 0 Å². The van der Waals surface area contributed by atoms with Crippen LogP contribution in [0.3, 0.4) is 0 Å². The van der Waals surface area contributed by atoms with Crippen molar-refractivity contribution in [2.24, 2.45) is 0 Å². The molecule has 106 valence electrons. The summed E-state index contributed by atoms with van der Waals surface area (Å²) in [7, 11) is 0. The smallest absolute Gasteiger partial charge is 0.252 e. The zero-order valence-electron chi connectivity index (χ0n) is 11.1. The van der Waals surface area contributed by atoms with Crippen LogP contribution in [-0.4, -0.2) is 32.0 Å². The van der Waals surface area contributed by atoms with E-state index in [0.29, 0.717) is 24.3 Å². The van der Waals surface area contributed by atoms with Crippen LogP contribution >= 0.6 is 11.3 Å². The van der Waals surface area contributed by atoms with Gasteiger partial charge in [0.25, 0.3) is 5.91 Å². The lowest BCUT2D eigenvalue weighted by atomic mass is 10.3. The number of rotatable bonds is 5. The fourth-order valence-electron chi connectivity index (χ4n) is 1.92. The van der Waals surface area contributed by atoms with Crippen LogP contribution in [0.25, 0.3) is 11.5 Å². The summed E-state index contributed by atoms with van der Waals surface area (Å²) in [5, 5.41) is 6.60. The summed E-state index contributed by atoms with van der Waals surface area (Å²) in [5.41, 5.74) is 1.41. The molecule has 0 saturated heterocycles. The molecule has 0 aromatic carbocycles. The molecule has 3 rings (SSSR count). The van der Waals surface area contributed by atoms with E-state index in [9.17, 15) is 4.79 Å². The van der Waals surface area contributed by atoms with Gasteiger partial charge in [0.05, 0.1) is 6.20 Å². The minimum atomic E-state index is -0.0579. The molecule has 0 radical (unpaired) electrons. The monoisotopic (exact) mass is 299 g/mol. The molecule has 3 aromatic heterocycles. The molecular weight excluding hydrogens is 286 g/mol. The largest absolute Gasteiger partial charge is 0.350 e. The first-order valence-electron chi connectivity index (χ1n) is 6.42. The molecule has 21 heavy (non-hydrogen) atoms. The van der Waals surface area contributed by atoms with Gasteiger partial charge in [-0.2, -0.15) is 11.3 Å². The van der Waals surface area contributed by atoms with Gasteiger partial charge in [0.2, 0.25) is 0 Å².